The first-order valence-corrected chi connectivity index (χ1v) is 14.3. The molecule has 39 heavy (non-hydrogen) atoms. The smallest absolute Gasteiger partial charge is 0.255 e. The van der Waals surface area contributed by atoms with E-state index >= 15 is 0 Å². The summed E-state index contributed by atoms with van der Waals surface area (Å²) in [5.41, 5.74) is 9.70. The topological polar surface area (TPSA) is 88.7 Å². The predicted octanol–water partition coefficient (Wildman–Crippen LogP) is 5.98. The Balaban J connectivity index is 1.71. The molecule has 0 aliphatic carbocycles. The molecule has 1 aromatic heterocycles. The molecular weight excluding hydrogens is 510 g/mol. The van der Waals surface area contributed by atoms with E-state index < -0.39 is 5.60 Å². The number of carbonyl (C=O) groups excluding carboxylic acids is 1. The Kier molecular flexibility index (Phi) is 10.1. The number of likely N-dealkylation sites (tertiary alicyclic amines) is 1. The second-order valence-corrected chi connectivity index (χ2v) is 10.8. The minimum Gasteiger partial charge on any atom is -0.385 e. The van der Waals surface area contributed by atoms with Crippen molar-refractivity contribution in [3.8, 4) is 11.1 Å². The number of carbonyl (C=O) groups is 1. The second-order valence-electron chi connectivity index (χ2n) is 10.4. The van der Waals surface area contributed by atoms with Crippen molar-refractivity contribution in [1.82, 2.24) is 9.88 Å². The van der Waals surface area contributed by atoms with Crippen LogP contribution in [0, 0.1) is 5.92 Å². The van der Waals surface area contributed by atoms with Gasteiger partial charge >= 0.3 is 0 Å². The molecule has 1 saturated heterocycles. The molecule has 2 heterocycles. The van der Waals surface area contributed by atoms with Crippen molar-refractivity contribution in [1.29, 1.82) is 0 Å². The van der Waals surface area contributed by atoms with Gasteiger partial charge in [0.25, 0.3) is 5.91 Å². The molecule has 1 fully saturated rings. The van der Waals surface area contributed by atoms with E-state index in [1.165, 1.54) is 5.56 Å². The normalized spacial score (nSPS) is 17.2. The molecule has 0 radical (unpaired) electrons. The maximum atomic E-state index is 13.5. The first-order valence-electron chi connectivity index (χ1n) is 13.9. The average molecular weight is 550 g/mol. The number of amides is 1. The maximum absolute atomic E-state index is 13.5. The van der Waals surface area contributed by atoms with Gasteiger partial charge in [0.15, 0.2) is 0 Å². The fourth-order valence-corrected chi connectivity index (χ4v) is 6.01. The van der Waals surface area contributed by atoms with Crippen LogP contribution in [0.3, 0.4) is 0 Å². The lowest BCUT2D eigenvalue weighted by Gasteiger charge is -2.44. The van der Waals surface area contributed by atoms with Crippen LogP contribution in [0.4, 0.5) is 0 Å². The summed E-state index contributed by atoms with van der Waals surface area (Å²) in [6.45, 7) is 4.21. The molecular formula is C32H40ClN3O3. The van der Waals surface area contributed by atoms with E-state index in [0.29, 0.717) is 43.2 Å². The van der Waals surface area contributed by atoms with Crippen LogP contribution < -0.4 is 5.73 Å². The van der Waals surface area contributed by atoms with E-state index in [1.807, 2.05) is 29.2 Å². The second kappa shape index (κ2) is 13.5. The van der Waals surface area contributed by atoms with Crippen molar-refractivity contribution >= 4 is 17.5 Å². The number of hydrogen-bond donors (Lipinski definition) is 2. The van der Waals surface area contributed by atoms with Gasteiger partial charge in [0, 0.05) is 56.1 Å². The summed E-state index contributed by atoms with van der Waals surface area (Å²) >= 11 is 6.86. The van der Waals surface area contributed by atoms with E-state index in [0.717, 1.165) is 54.5 Å². The van der Waals surface area contributed by atoms with Crippen LogP contribution in [0.15, 0.2) is 60.8 Å². The van der Waals surface area contributed by atoms with Gasteiger partial charge in [-0.05, 0) is 73.4 Å². The molecule has 2 atom stereocenters. The molecule has 1 aliphatic rings. The third kappa shape index (κ3) is 6.69. The van der Waals surface area contributed by atoms with Gasteiger partial charge in [-0.1, -0.05) is 54.9 Å². The predicted molar refractivity (Wildman–Crippen MR) is 157 cm³/mol. The Morgan fingerprint density at radius 3 is 2.74 bits per heavy atom. The molecule has 0 spiro atoms. The van der Waals surface area contributed by atoms with Crippen LogP contribution in [0.2, 0.25) is 5.02 Å². The standard InChI is InChI=1S/C32H40ClN3O3/c1-3-23-9-6-10-24(19-23)30-28(12-7-13-29(30)33)32(38,16-4-5-18-39-2)26-11-8-17-36(22-26)31(37)25-14-15-27(20-34)35-21-25/h6-7,9-10,12-15,19,21,26,38H,3-5,8,11,16-18,20,22,34H2,1-2H3/t26?,32-/m0/s1. The number of rotatable bonds is 11. The summed E-state index contributed by atoms with van der Waals surface area (Å²) in [6.07, 6.45) is 6.32. The zero-order valence-electron chi connectivity index (χ0n) is 23.0. The van der Waals surface area contributed by atoms with E-state index in [4.69, 9.17) is 22.1 Å². The van der Waals surface area contributed by atoms with E-state index in [2.05, 4.69) is 30.1 Å². The third-order valence-electron chi connectivity index (χ3n) is 7.93. The summed E-state index contributed by atoms with van der Waals surface area (Å²) in [4.78, 5) is 19.6. The molecule has 1 amide bonds. The number of halogens is 1. The van der Waals surface area contributed by atoms with Gasteiger partial charge in [0.05, 0.1) is 16.9 Å². The van der Waals surface area contributed by atoms with Crippen molar-refractivity contribution in [3.63, 3.8) is 0 Å². The van der Waals surface area contributed by atoms with Crippen LogP contribution in [0.5, 0.6) is 0 Å². The lowest BCUT2D eigenvalue weighted by atomic mass is 9.72. The Bertz CT molecular complexity index is 1250. The van der Waals surface area contributed by atoms with Crippen LogP contribution in [0.25, 0.3) is 11.1 Å². The Hall–Kier alpha value is -2.77. The molecule has 3 N–H and O–H groups in total. The highest BCUT2D eigenvalue weighted by Gasteiger charge is 2.43. The highest BCUT2D eigenvalue weighted by atomic mass is 35.5. The molecule has 4 rings (SSSR count). The largest absolute Gasteiger partial charge is 0.385 e. The Morgan fingerprint density at radius 1 is 1.21 bits per heavy atom. The summed E-state index contributed by atoms with van der Waals surface area (Å²) in [5, 5.41) is 13.3. The minimum atomic E-state index is -1.17. The molecule has 2 aromatic carbocycles. The number of methoxy groups -OCH3 is 1. The highest BCUT2D eigenvalue weighted by Crippen LogP contribution is 2.46. The van der Waals surface area contributed by atoms with E-state index in [9.17, 15) is 9.90 Å². The third-order valence-corrected chi connectivity index (χ3v) is 8.24. The van der Waals surface area contributed by atoms with Gasteiger partial charge < -0.3 is 20.5 Å². The van der Waals surface area contributed by atoms with Gasteiger partial charge in [-0.2, -0.15) is 0 Å². The summed E-state index contributed by atoms with van der Waals surface area (Å²) in [7, 11) is 1.70. The first-order chi connectivity index (χ1) is 18.9. The number of aliphatic hydroxyl groups is 1. The molecule has 1 aliphatic heterocycles. The molecule has 6 nitrogen and oxygen atoms in total. The van der Waals surface area contributed by atoms with Gasteiger partial charge in [0.1, 0.15) is 0 Å². The van der Waals surface area contributed by atoms with Gasteiger partial charge in [-0.25, -0.2) is 0 Å². The van der Waals surface area contributed by atoms with Crippen molar-refractivity contribution in [2.24, 2.45) is 11.7 Å². The number of aromatic nitrogens is 1. The highest BCUT2D eigenvalue weighted by molar-refractivity contribution is 6.33. The summed E-state index contributed by atoms with van der Waals surface area (Å²) < 4.78 is 5.29. The number of nitrogens with zero attached hydrogens (tertiary/aromatic N) is 2. The Labute approximate surface area is 237 Å². The zero-order valence-corrected chi connectivity index (χ0v) is 23.8. The fourth-order valence-electron chi connectivity index (χ4n) is 5.73. The van der Waals surface area contributed by atoms with Crippen LogP contribution in [-0.2, 0) is 23.3 Å². The number of ether oxygens (including phenoxy) is 1. The monoisotopic (exact) mass is 549 g/mol. The van der Waals surface area contributed by atoms with Crippen molar-refractivity contribution in [3.05, 3.63) is 88.2 Å². The summed E-state index contributed by atoms with van der Waals surface area (Å²) in [5.74, 6) is -0.222. The molecule has 7 heteroatoms. The van der Waals surface area contributed by atoms with Crippen molar-refractivity contribution in [2.45, 2.75) is 57.6 Å². The van der Waals surface area contributed by atoms with Crippen LogP contribution in [-0.4, -0.2) is 47.7 Å². The lowest BCUT2D eigenvalue weighted by molar-refractivity contribution is -0.0574. The number of hydrogen-bond acceptors (Lipinski definition) is 5. The molecule has 0 bridgehead atoms. The number of nitrogens with two attached hydrogens (primary N) is 1. The van der Waals surface area contributed by atoms with Gasteiger partial charge in [-0.15, -0.1) is 0 Å². The molecule has 1 unspecified atom stereocenters. The van der Waals surface area contributed by atoms with Gasteiger partial charge in [0.2, 0.25) is 0 Å². The van der Waals surface area contributed by atoms with Crippen LogP contribution >= 0.6 is 11.6 Å². The molecule has 208 valence electrons. The number of piperidine rings is 1. The lowest BCUT2D eigenvalue weighted by Crippen LogP contribution is -2.48. The molecule has 0 saturated carbocycles. The quantitative estimate of drug-likeness (QED) is 0.287. The first kappa shape index (κ1) is 29.2. The number of unbranched alkanes of at least 4 members (excludes halogenated alkanes) is 1. The van der Waals surface area contributed by atoms with Crippen LogP contribution in [0.1, 0.15) is 66.2 Å². The zero-order chi connectivity index (χ0) is 27.8. The number of aryl methyl sites for hydroxylation is 1. The van der Waals surface area contributed by atoms with E-state index in [1.54, 1.807) is 25.4 Å². The van der Waals surface area contributed by atoms with E-state index in [-0.39, 0.29) is 11.8 Å². The fraction of sp³-hybridized carbons (Fsp3) is 0.438. The SMILES string of the molecule is CCc1cccc(-c2c(Cl)cccc2[C@](O)(CCCCOC)C2CCCN(C(=O)c3ccc(CN)nc3)C2)c1. The maximum Gasteiger partial charge on any atom is 0.255 e. The van der Waals surface area contributed by atoms with Crippen molar-refractivity contribution < 1.29 is 14.6 Å². The van der Waals surface area contributed by atoms with Gasteiger partial charge in [-0.3, -0.25) is 9.78 Å². The summed E-state index contributed by atoms with van der Waals surface area (Å²) in [6, 6.07) is 17.8. The number of benzene rings is 2. The van der Waals surface area contributed by atoms with Crippen molar-refractivity contribution in [2.75, 3.05) is 26.8 Å². The minimum absolute atomic E-state index is 0.0699. The number of pyridine rings is 1. The average Bonchev–Trinajstić information content (AvgIpc) is 2.98. The Morgan fingerprint density at radius 2 is 2.03 bits per heavy atom. The molecule has 3 aromatic rings.